The predicted molar refractivity (Wildman–Crippen MR) is 86.2 cm³/mol. The summed E-state index contributed by atoms with van der Waals surface area (Å²) in [6.07, 6.45) is 0.775. The number of carbonyl (C=O) groups excluding carboxylic acids is 2. The summed E-state index contributed by atoms with van der Waals surface area (Å²) in [6.45, 7) is 2.71. The van der Waals surface area contributed by atoms with E-state index in [9.17, 15) is 18.0 Å². The normalized spacial score (nSPS) is 18.0. The van der Waals surface area contributed by atoms with Gasteiger partial charge in [0, 0.05) is 13.1 Å². The van der Waals surface area contributed by atoms with E-state index in [0.29, 0.717) is 19.4 Å². The Bertz CT molecular complexity index is 678. The fourth-order valence-corrected chi connectivity index (χ4v) is 3.32. The van der Waals surface area contributed by atoms with Gasteiger partial charge in [0.05, 0.1) is 17.4 Å². The van der Waals surface area contributed by atoms with E-state index in [1.165, 1.54) is 17.0 Å². The minimum atomic E-state index is -3.82. The van der Waals surface area contributed by atoms with Gasteiger partial charge in [0.15, 0.2) is 0 Å². The molecule has 1 atom stereocenters. The molecule has 0 radical (unpaired) electrons. The number of rotatable bonds is 5. The van der Waals surface area contributed by atoms with Crippen molar-refractivity contribution in [2.75, 3.05) is 19.7 Å². The number of sulfonamides is 1. The van der Waals surface area contributed by atoms with Crippen LogP contribution in [0.15, 0.2) is 35.2 Å². The number of hydrogen-bond acceptors (Lipinski definition) is 5. The Morgan fingerprint density at radius 3 is 2.67 bits per heavy atom. The van der Waals surface area contributed by atoms with E-state index in [4.69, 9.17) is 4.74 Å². The third-order valence-electron chi connectivity index (χ3n) is 3.68. The fraction of sp³-hybridized carbons (Fsp3) is 0.467. The Balaban J connectivity index is 1.91. The molecule has 1 heterocycles. The lowest BCUT2D eigenvalue weighted by Gasteiger charge is -2.31. The molecule has 2 rings (SSSR count). The maximum Gasteiger partial charge on any atom is 0.409 e. The number of likely N-dealkylation sites (tertiary alicyclic amines) is 1. The van der Waals surface area contributed by atoms with Crippen molar-refractivity contribution in [2.24, 2.45) is 5.92 Å². The molecule has 2 amide bonds. The summed E-state index contributed by atoms with van der Waals surface area (Å²) in [4.78, 5) is 27.5. The highest BCUT2D eigenvalue weighted by Gasteiger charge is 2.29. The molecule has 0 unspecified atom stereocenters. The summed E-state index contributed by atoms with van der Waals surface area (Å²) in [5.41, 5.74) is 2.23. The van der Waals surface area contributed by atoms with Crippen molar-refractivity contribution >= 4 is 22.0 Å². The third-order valence-corrected chi connectivity index (χ3v) is 4.94. The molecule has 1 aliphatic heterocycles. The van der Waals surface area contributed by atoms with Crippen molar-refractivity contribution < 1.29 is 22.7 Å². The first-order valence-electron chi connectivity index (χ1n) is 7.72. The average molecular weight is 355 g/mol. The molecule has 0 aromatic heterocycles. The molecule has 0 spiro atoms. The van der Waals surface area contributed by atoms with Crippen LogP contribution < -0.4 is 10.3 Å². The fourth-order valence-electron chi connectivity index (χ4n) is 2.45. The highest BCUT2D eigenvalue weighted by Crippen LogP contribution is 2.17. The summed E-state index contributed by atoms with van der Waals surface area (Å²) in [6, 6.07) is 7.74. The van der Waals surface area contributed by atoms with Gasteiger partial charge in [-0.15, -0.1) is 4.83 Å². The standard InChI is InChI=1S/C15H21N3O5S/c1-2-23-15(20)18-10-6-7-12(11-18)14(19)16-17-24(21,22)13-8-4-3-5-9-13/h3-5,8-9,12,17H,2,6-7,10-11H2,1H3,(H,16,19)/t12-/m0/s1. The third kappa shape index (κ3) is 4.68. The highest BCUT2D eigenvalue weighted by molar-refractivity contribution is 7.89. The minimum absolute atomic E-state index is 0.0575. The van der Waals surface area contributed by atoms with Crippen molar-refractivity contribution in [1.82, 2.24) is 15.2 Å². The van der Waals surface area contributed by atoms with E-state index in [0.717, 1.165) is 0 Å². The molecule has 2 N–H and O–H groups in total. The van der Waals surface area contributed by atoms with Gasteiger partial charge in [0.25, 0.3) is 10.0 Å². The van der Waals surface area contributed by atoms with E-state index >= 15 is 0 Å². The number of nitrogens with zero attached hydrogens (tertiary/aromatic N) is 1. The summed E-state index contributed by atoms with van der Waals surface area (Å²) in [5, 5.41) is 0. The molecule has 1 saturated heterocycles. The first kappa shape index (κ1) is 18.2. The van der Waals surface area contributed by atoms with Crippen LogP contribution in [0.1, 0.15) is 19.8 Å². The summed E-state index contributed by atoms with van der Waals surface area (Å²) in [5.74, 6) is -0.954. The number of amides is 2. The van der Waals surface area contributed by atoms with Gasteiger partial charge in [-0.3, -0.25) is 10.2 Å². The Labute approximate surface area is 141 Å². The van der Waals surface area contributed by atoms with Gasteiger partial charge in [-0.05, 0) is 31.9 Å². The Kier molecular flexibility index (Phi) is 6.16. The number of carbonyl (C=O) groups is 2. The van der Waals surface area contributed by atoms with E-state index in [1.807, 2.05) is 0 Å². The van der Waals surface area contributed by atoms with Crippen LogP contribution in [0.5, 0.6) is 0 Å². The highest BCUT2D eigenvalue weighted by atomic mass is 32.2. The lowest BCUT2D eigenvalue weighted by atomic mass is 9.98. The zero-order valence-corrected chi connectivity index (χ0v) is 14.2. The topological polar surface area (TPSA) is 105 Å². The number of ether oxygens (including phenoxy) is 1. The van der Waals surface area contributed by atoms with Crippen LogP contribution in [-0.2, 0) is 19.6 Å². The number of piperidine rings is 1. The lowest BCUT2D eigenvalue weighted by Crippen LogP contribution is -2.50. The van der Waals surface area contributed by atoms with Crippen molar-refractivity contribution in [1.29, 1.82) is 0 Å². The van der Waals surface area contributed by atoms with Crippen molar-refractivity contribution in [3.8, 4) is 0 Å². The monoisotopic (exact) mass is 355 g/mol. The van der Waals surface area contributed by atoms with E-state index < -0.39 is 27.9 Å². The largest absolute Gasteiger partial charge is 0.450 e. The quantitative estimate of drug-likeness (QED) is 0.763. The van der Waals surface area contributed by atoms with Gasteiger partial charge in [-0.25, -0.2) is 13.2 Å². The maximum absolute atomic E-state index is 12.2. The number of hydrazine groups is 1. The van der Waals surface area contributed by atoms with E-state index in [1.54, 1.807) is 25.1 Å². The van der Waals surface area contributed by atoms with Crippen LogP contribution in [-0.4, -0.2) is 45.0 Å². The predicted octanol–water partition coefficient (Wildman–Crippen LogP) is 0.865. The summed E-state index contributed by atoms with van der Waals surface area (Å²) < 4.78 is 29.1. The van der Waals surface area contributed by atoms with Crippen LogP contribution in [0.4, 0.5) is 4.79 Å². The maximum atomic E-state index is 12.2. The van der Waals surface area contributed by atoms with Crippen LogP contribution in [0.25, 0.3) is 0 Å². The zero-order valence-electron chi connectivity index (χ0n) is 13.4. The van der Waals surface area contributed by atoms with Crippen LogP contribution >= 0.6 is 0 Å². The second-order valence-corrected chi connectivity index (χ2v) is 7.07. The van der Waals surface area contributed by atoms with Crippen LogP contribution in [0, 0.1) is 5.92 Å². The van der Waals surface area contributed by atoms with Crippen LogP contribution in [0.3, 0.4) is 0 Å². The number of benzene rings is 1. The van der Waals surface area contributed by atoms with Gasteiger partial charge in [0.1, 0.15) is 0 Å². The van der Waals surface area contributed by atoms with Crippen molar-refractivity contribution in [3.63, 3.8) is 0 Å². The Morgan fingerprint density at radius 1 is 1.29 bits per heavy atom. The Morgan fingerprint density at radius 2 is 2.00 bits per heavy atom. The van der Waals surface area contributed by atoms with Gasteiger partial charge >= 0.3 is 6.09 Å². The van der Waals surface area contributed by atoms with E-state index in [-0.39, 0.29) is 18.0 Å². The molecule has 132 valence electrons. The van der Waals surface area contributed by atoms with Crippen LogP contribution in [0.2, 0.25) is 0 Å². The molecular formula is C15H21N3O5S. The molecule has 0 bridgehead atoms. The molecule has 1 aliphatic rings. The first-order chi connectivity index (χ1) is 11.4. The summed E-state index contributed by atoms with van der Waals surface area (Å²) >= 11 is 0. The van der Waals surface area contributed by atoms with Gasteiger partial charge in [-0.1, -0.05) is 18.2 Å². The average Bonchev–Trinajstić information content (AvgIpc) is 2.61. The minimum Gasteiger partial charge on any atom is -0.450 e. The Hall–Kier alpha value is -2.13. The molecule has 8 nitrogen and oxygen atoms in total. The second-order valence-electron chi connectivity index (χ2n) is 5.39. The number of hydrogen-bond donors (Lipinski definition) is 2. The lowest BCUT2D eigenvalue weighted by molar-refractivity contribution is -0.126. The smallest absolute Gasteiger partial charge is 0.409 e. The molecule has 1 aromatic carbocycles. The van der Waals surface area contributed by atoms with Crippen molar-refractivity contribution in [3.05, 3.63) is 30.3 Å². The molecule has 1 fully saturated rings. The van der Waals surface area contributed by atoms with Gasteiger partial charge in [-0.2, -0.15) is 0 Å². The molecule has 9 heteroatoms. The van der Waals surface area contributed by atoms with Gasteiger partial charge < -0.3 is 9.64 Å². The molecular weight excluding hydrogens is 334 g/mol. The second kappa shape index (κ2) is 8.11. The molecule has 24 heavy (non-hydrogen) atoms. The van der Waals surface area contributed by atoms with Gasteiger partial charge in [0.2, 0.25) is 5.91 Å². The SMILES string of the molecule is CCOC(=O)N1CCC[C@H](C(=O)NNS(=O)(=O)c2ccccc2)C1. The van der Waals surface area contributed by atoms with Crippen molar-refractivity contribution in [2.45, 2.75) is 24.7 Å². The molecule has 1 aromatic rings. The molecule has 0 saturated carbocycles. The number of nitrogens with one attached hydrogen (secondary N) is 2. The molecule has 0 aliphatic carbocycles. The zero-order chi connectivity index (χ0) is 17.6. The van der Waals surface area contributed by atoms with E-state index in [2.05, 4.69) is 10.3 Å². The summed E-state index contributed by atoms with van der Waals surface area (Å²) in [7, 11) is -3.82. The first-order valence-corrected chi connectivity index (χ1v) is 9.20.